The van der Waals surface area contributed by atoms with E-state index in [0.29, 0.717) is 16.9 Å². The second-order valence-electron chi connectivity index (χ2n) is 6.15. The van der Waals surface area contributed by atoms with Crippen molar-refractivity contribution in [3.8, 4) is 0 Å². The third-order valence-electron chi connectivity index (χ3n) is 4.83. The monoisotopic (exact) mass is 404 g/mol. The SMILES string of the molecule is CCOC(=O)C1=C(c2ccccc2)OP(OC)(OC)(OC)C1c1ccccc1. The van der Waals surface area contributed by atoms with Crippen molar-refractivity contribution in [3.63, 3.8) is 0 Å². The van der Waals surface area contributed by atoms with E-state index in [4.69, 9.17) is 22.8 Å². The van der Waals surface area contributed by atoms with Crippen molar-refractivity contribution in [1.82, 2.24) is 0 Å². The fraction of sp³-hybridized carbons (Fsp3) is 0.286. The Morgan fingerprint density at radius 2 is 1.46 bits per heavy atom. The van der Waals surface area contributed by atoms with E-state index in [-0.39, 0.29) is 6.61 Å². The fourth-order valence-corrected chi connectivity index (χ4v) is 6.75. The first-order valence-corrected chi connectivity index (χ1v) is 10.9. The summed E-state index contributed by atoms with van der Waals surface area (Å²) in [5.74, 6) is -0.149. The molecule has 0 amide bonds. The summed E-state index contributed by atoms with van der Waals surface area (Å²) in [5.41, 5.74) is 1.09. The molecule has 0 fully saturated rings. The first-order valence-electron chi connectivity index (χ1n) is 8.97. The molecular weight excluding hydrogens is 379 g/mol. The Kier molecular flexibility index (Phi) is 5.87. The van der Waals surface area contributed by atoms with E-state index in [1.807, 2.05) is 60.7 Å². The van der Waals surface area contributed by atoms with Crippen LogP contribution in [0.2, 0.25) is 0 Å². The normalized spacial score (nSPS) is 21.4. The van der Waals surface area contributed by atoms with E-state index in [2.05, 4.69) is 0 Å². The molecule has 0 saturated carbocycles. The molecule has 3 rings (SSSR count). The van der Waals surface area contributed by atoms with Crippen LogP contribution in [-0.4, -0.2) is 33.9 Å². The van der Waals surface area contributed by atoms with Crippen LogP contribution < -0.4 is 0 Å². The summed E-state index contributed by atoms with van der Waals surface area (Å²) < 4.78 is 29.4. The molecule has 2 aromatic rings. The van der Waals surface area contributed by atoms with Crippen molar-refractivity contribution in [3.05, 3.63) is 77.4 Å². The number of esters is 1. The molecule has 1 atom stereocenters. The van der Waals surface area contributed by atoms with E-state index < -0.39 is 19.1 Å². The number of rotatable bonds is 7. The molecule has 1 unspecified atom stereocenters. The summed E-state index contributed by atoms with van der Waals surface area (Å²) in [6, 6.07) is 18.8. The molecule has 0 N–H and O–H groups in total. The van der Waals surface area contributed by atoms with Gasteiger partial charge in [0.25, 0.3) is 0 Å². The number of ether oxygens (including phenoxy) is 1. The van der Waals surface area contributed by atoms with Gasteiger partial charge in [-0.1, -0.05) is 0 Å². The summed E-state index contributed by atoms with van der Waals surface area (Å²) in [6.45, 7) is 1.99. The quantitative estimate of drug-likeness (QED) is 0.484. The van der Waals surface area contributed by atoms with Crippen LogP contribution in [0.3, 0.4) is 0 Å². The second kappa shape index (κ2) is 8.02. The molecule has 28 heavy (non-hydrogen) atoms. The number of benzene rings is 2. The first-order chi connectivity index (χ1) is 13.5. The van der Waals surface area contributed by atoms with Crippen LogP contribution in [0.5, 0.6) is 0 Å². The zero-order chi connectivity index (χ0) is 20.2. The van der Waals surface area contributed by atoms with E-state index >= 15 is 0 Å². The predicted octanol–water partition coefficient (Wildman–Crippen LogP) is 4.88. The van der Waals surface area contributed by atoms with Gasteiger partial charge in [0.05, 0.1) is 0 Å². The molecule has 0 bridgehead atoms. The predicted molar refractivity (Wildman–Crippen MR) is 108 cm³/mol. The zero-order valence-corrected chi connectivity index (χ0v) is 17.3. The van der Waals surface area contributed by atoms with E-state index in [1.165, 1.54) is 21.3 Å². The Balaban J connectivity index is 2.34. The second-order valence-corrected chi connectivity index (χ2v) is 9.68. The average molecular weight is 404 g/mol. The summed E-state index contributed by atoms with van der Waals surface area (Å²) >= 11 is 0. The third-order valence-corrected chi connectivity index (χ3v) is 8.71. The number of hydrogen-bond donors (Lipinski definition) is 0. The van der Waals surface area contributed by atoms with Gasteiger partial charge in [-0.05, 0) is 0 Å². The summed E-state index contributed by atoms with van der Waals surface area (Å²) in [5, 5.41) is 0. The number of carbonyl (C=O) groups is 1. The average Bonchev–Trinajstić information content (AvgIpc) is 3.08. The first kappa shape index (κ1) is 20.5. The van der Waals surface area contributed by atoms with Crippen molar-refractivity contribution in [2.45, 2.75) is 12.6 Å². The Hall–Kier alpha value is -2.24. The van der Waals surface area contributed by atoms with Gasteiger partial charge >= 0.3 is 165 Å². The van der Waals surface area contributed by atoms with Gasteiger partial charge < -0.3 is 0 Å². The molecule has 0 spiro atoms. The van der Waals surface area contributed by atoms with E-state index in [0.717, 1.165) is 5.56 Å². The molecule has 150 valence electrons. The summed E-state index contributed by atoms with van der Waals surface area (Å²) in [4.78, 5) is 13.1. The fourth-order valence-electron chi connectivity index (χ4n) is 3.51. The molecule has 1 aliphatic rings. The Morgan fingerprint density at radius 1 is 0.929 bits per heavy atom. The van der Waals surface area contributed by atoms with Gasteiger partial charge in [-0.3, -0.25) is 0 Å². The zero-order valence-electron chi connectivity index (χ0n) is 16.5. The molecule has 1 aliphatic heterocycles. The van der Waals surface area contributed by atoms with Crippen LogP contribution in [0.4, 0.5) is 0 Å². The van der Waals surface area contributed by atoms with Crippen LogP contribution in [0, 0.1) is 0 Å². The molecule has 1 heterocycles. The van der Waals surface area contributed by atoms with Crippen LogP contribution in [-0.2, 0) is 27.6 Å². The molecule has 0 aliphatic carbocycles. The van der Waals surface area contributed by atoms with Gasteiger partial charge in [-0.2, -0.15) is 0 Å². The van der Waals surface area contributed by atoms with E-state index in [1.54, 1.807) is 6.92 Å². The molecule has 0 radical (unpaired) electrons. The van der Waals surface area contributed by atoms with Crippen molar-refractivity contribution >= 4 is 19.2 Å². The van der Waals surface area contributed by atoms with Gasteiger partial charge in [0.2, 0.25) is 0 Å². The molecule has 0 aromatic heterocycles. The molecule has 7 heteroatoms. The van der Waals surface area contributed by atoms with Gasteiger partial charge in [-0.25, -0.2) is 0 Å². The van der Waals surface area contributed by atoms with Crippen LogP contribution in [0.1, 0.15) is 23.7 Å². The van der Waals surface area contributed by atoms with Crippen molar-refractivity contribution in [2.75, 3.05) is 27.9 Å². The van der Waals surface area contributed by atoms with Gasteiger partial charge in [0, 0.05) is 0 Å². The number of hydrogen-bond acceptors (Lipinski definition) is 6. The van der Waals surface area contributed by atoms with Crippen LogP contribution >= 0.6 is 7.51 Å². The Bertz CT molecular complexity index is 850. The van der Waals surface area contributed by atoms with Gasteiger partial charge in [-0.15, -0.1) is 0 Å². The Morgan fingerprint density at radius 3 is 1.96 bits per heavy atom. The molecular formula is C21H25O6P. The van der Waals surface area contributed by atoms with Crippen LogP contribution in [0.15, 0.2) is 66.2 Å². The standard InChI is InChI=1S/C21H25O6P/c1-5-26-21(22)18-19(16-12-8-6-9-13-16)27-28(23-2,24-3,25-4)20(18)17-14-10-7-11-15-17/h6-15,20H,5H2,1-4H3. The van der Waals surface area contributed by atoms with Crippen molar-refractivity contribution in [2.24, 2.45) is 0 Å². The molecule has 2 aromatic carbocycles. The van der Waals surface area contributed by atoms with Crippen molar-refractivity contribution in [1.29, 1.82) is 0 Å². The minimum absolute atomic E-state index is 0.231. The van der Waals surface area contributed by atoms with Gasteiger partial charge in [0.15, 0.2) is 0 Å². The molecule has 0 saturated heterocycles. The van der Waals surface area contributed by atoms with Crippen molar-refractivity contribution < 1.29 is 27.6 Å². The molecule has 6 nitrogen and oxygen atoms in total. The topological polar surface area (TPSA) is 63.2 Å². The Labute approximate surface area is 165 Å². The van der Waals surface area contributed by atoms with Crippen LogP contribution in [0.25, 0.3) is 5.76 Å². The third kappa shape index (κ3) is 3.12. The number of carbonyl (C=O) groups excluding carboxylic acids is 1. The summed E-state index contributed by atoms with van der Waals surface area (Å²) in [6.07, 6.45) is 0. The summed E-state index contributed by atoms with van der Waals surface area (Å²) in [7, 11) is 0.159. The van der Waals surface area contributed by atoms with E-state index in [9.17, 15) is 4.79 Å². The van der Waals surface area contributed by atoms with Gasteiger partial charge in [0.1, 0.15) is 0 Å². The maximum absolute atomic E-state index is 13.1. The minimum atomic E-state index is -4.25. The maximum atomic E-state index is 13.1.